The lowest BCUT2D eigenvalue weighted by Gasteiger charge is -2.08. The van der Waals surface area contributed by atoms with Crippen LogP contribution in [-0.4, -0.2) is 32.3 Å². The lowest BCUT2D eigenvalue weighted by molar-refractivity contribution is 0.0696. The molecule has 0 atom stereocenters. The summed E-state index contributed by atoms with van der Waals surface area (Å²) in [5, 5.41) is 27.6. The summed E-state index contributed by atoms with van der Waals surface area (Å²) in [5.41, 5.74) is -0.121. The van der Waals surface area contributed by atoms with E-state index in [-0.39, 0.29) is 27.1 Å². The van der Waals surface area contributed by atoms with Crippen molar-refractivity contribution in [2.75, 3.05) is 5.32 Å². The molecule has 1 aromatic heterocycles. The molecule has 3 N–H and O–H groups in total. The molecule has 0 bridgehead atoms. The van der Waals surface area contributed by atoms with Crippen molar-refractivity contribution in [3.8, 4) is 5.75 Å². The van der Waals surface area contributed by atoms with Crippen molar-refractivity contribution >= 4 is 40.8 Å². The molecule has 9 heteroatoms. The summed E-state index contributed by atoms with van der Waals surface area (Å²) < 4.78 is 0. The normalized spacial score (nSPS) is 10.2. The number of aromatic hydroxyl groups is 1. The number of anilines is 1. The second-order valence-electron chi connectivity index (χ2n) is 3.86. The molecule has 0 fully saturated rings. The maximum absolute atomic E-state index is 12.0. The van der Waals surface area contributed by atoms with Crippen LogP contribution in [0.3, 0.4) is 0 Å². The highest BCUT2D eigenvalue weighted by atomic mass is 35.5. The molecule has 0 saturated heterocycles. The van der Waals surface area contributed by atoms with E-state index in [0.29, 0.717) is 0 Å². The molecule has 0 spiro atoms. The number of nitrogens with one attached hydrogen (secondary N) is 1. The van der Waals surface area contributed by atoms with Gasteiger partial charge in [-0.2, -0.15) is 0 Å². The van der Waals surface area contributed by atoms with E-state index in [1.807, 2.05) is 0 Å². The van der Waals surface area contributed by atoms with Crippen LogP contribution in [0.4, 0.5) is 5.69 Å². The number of nitrogens with zero attached hydrogens (tertiary/aromatic N) is 2. The van der Waals surface area contributed by atoms with Crippen molar-refractivity contribution < 1.29 is 19.8 Å². The summed E-state index contributed by atoms with van der Waals surface area (Å²) >= 11 is 11.4. The molecule has 0 radical (unpaired) electrons. The van der Waals surface area contributed by atoms with E-state index in [2.05, 4.69) is 15.5 Å². The lowest BCUT2D eigenvalue weighted by Crippen LogP contribution is -2.14. The number of amides is 1. The number of aromatic nitrogens is 2. The predicted octanol–water partition coefficient (Wildman–Crippen LogP) is 2.44. The third-order valence-corrected chi connectivity index (χ3v) is 2.92. The Morgan fingerprint density at radius 2 is 1.86 bits per heavy atom. The van der Waals surface area contributed by atoms with Crippen LogP contribution in [0.25, 0.3) is 0 Å². The number of hydrogen-bond acceptors (Lipinski definition) is 5. The molecular weight excluding hydrogens is 321 g/mol. The zero-order valence-electron chi connectivity index (χ0n) is 10.2. The number of carboxylic acid groups (broad SMARTS) is 1. The number of rotatable bonds is 3. The summed E-state index contributed by atoms with van der Waals surface area (Å²) in [5.74, 6) is -2.26. The summed E-state index contributed by atoms with van der Waals surface area (Å²) in [4.78, 5) is 22.8. The minimum absolute atomic E-state index is 0.0185. The Bertz CT molecular complexity index is 736. The van der Waals surface area contributed by atoms with Crippen LogP contribution in [0.1, 0.15) is 20.7 Å². The fourth-order valence-electron chi connectivity index (χ4n) is 1.47. The van der Waals surface area contributed by atoms with Gasteiger partial charge in [-0.1, -0.05) is 23.2 Å². The Hall–Kier alpha value is -2.38. The Labute approximate surface area is 128 Å². The number of benzene rings is 1. The second kappa shape index (κ2) is 5.94. The summed E-state index contributed by atoms with van der Waals surface area (Å²) in [6.07, 6.45) is 0. The minimum Gasteiger partial charge on any atom is -0.506 e. The zero-order chi connectivity index (χ0) is 15.6. The summed E-state index contributed by atoms with van der Waals surface area (Å²) in [6, 6.07) is 4.71. The molecule has 1 heterocycles. The van der Waals surface area contributed by atoms with E-state index in [4.69, 9.17) is 28.3 Å². The fourth-order valence-corrected chi connectivity index (χ4v) is 1.80. The standard InChI is InChI=1S/C12H7Cl2N3O4/c13-9-4-6(10(14)17-16-9)11(19)15-7-2-1-5(12(20)21)3-8(7)18/h1-4,18H,(H,15,19)(H,20,21). The van der Waals surface area contributed by atoms with Gasteiger partial charge in [0, 0.05) is 0 Å². The van der Waals surface area contributed by atoms with Gasteiger partial charge in [0.1, 0.15) is 5.75 Å². The molecule has 0 aliphatic carbocycles. The van der Waals surface area contributed by atoms with E-state index in [1.54, 1.807) is 0 Å². The number of phenolic OH excluding ortho intramolecular Hbond substituents is 1. The molecular formula is C12H7Cl2N3O4. The third kappa shape index (κ3) is 3.39. The third-order valence-electron chi connectivity index (χ3n) is 2.46. The van der Waals surface area contributed by atoms with E-state index < -0.39 is 17.6 Å². The van der Waals surface area contributed by atoms with Gasteiger partial charge in [0.15, 0.2) is 10.3 Å². The molecule has 21 heavy (non-hydrogen) atoms. The molecule has 1 amide bonds. The number of halogens is 2. The van der Waals surface area contributed by atoms with Gasteiger partial charge in [-0.3, -0.25) is 4.79 Å². The largest absolute Gasteiger partial charge is 0.506 e. The van der Waals surface area contributed by atoms with Crippen molar-refractivity contribution in [3.05, 3.63) is 45.7 Å². The van der Waals surface area contributed by atoms with E-state index in [0.717, 1.165) is 6.07 Å². The number of hydrogen-bond donors (Lipinski definition) is 3. The highest BCUT2D eigenvalue weighted by molar-refractivity contribution is 6.34. The Balaban J connectivity index is 2.27. The monoisotopic (exact) mass is 327 g/mol. The van der Waals surface area contributed by atoms with Gasteiger partial charge in [-0.15, -0.1) is 10.2 Å². The van der Waals surface area contributed by atoms with Gasteiger partial charge in [-0.25, -0.2) is 4.79 Å². The molecule has 7 nitrogen and oxygen atoms in total. The molecule has 2 rings (SSSR count). The number of aromatic carboxylic acids is 1. The average molecular weight is 328 g/mol. The molecule has 0 aliphatic heterocycles. The smallest absolute Gasteiger partial charge is 0.335 e. The van der Waals surface area contributed by atoms with Crippen molar-refractivity contribution in [1.82, 2.24) is 10.2 Å². The zero-order valence-corrected chi connectivity index (χ0v) is 11.7. The van der Waals surface area contributed by atoms with E-state index in [9.17, 15) is 14.7 Å². The van der Waals surface area contributed by atoms with Crippen molar-refractivity contribution in [1.29, 1.82) is 0 Å². The van der Waals surface area contributed by atoms with Crippen LogP contribution in [-0.2, 0) is 0 Å². The first-order valence-electron chi connectivity index (χ1n) is 5.45. The van der Waals surface area contributed by atoms with Gasteiger partial charge < -0.3 is 15.5 Å². The van der Waals surface area contributed by atoms with E-state index in [1.165, 1.54) is 18.2 Å². The fraction of sp³-hybridized carbons (Fsp3) is 0. The number of phenols is 1. The number of carbonyl (C=O) groups is 2. The maximum atomic E-state index is 12.0. The van der Waals surface area contributed by atoms with Crippen LogP contribution in [0.15, 0.2) is 24.3 Å². The molecule has 1 aromatic carbocycles. The Kier molecular flexibility index (Phi) is 4.25. The average Bonchev–Trinajstić information content (AvgIpc) is 2.43. The first-order chi connectivity index (χ1) is 9.88. The molecule has 0 aliphatic rings. The van der Waals surface area contributed by atoms with Crippen molar-refractivity contribution in [2.45, 2.75) is 0 Å². The number of carbonyl (C=O) groups excluding carboxylic acids is 1. The van der Waals surface area contributed by atoms with Gasteiger partial charge in [0.25, 0.3) is 5.91 Å². The summed E-state index contributed by atoms with van der Waals surface area (Å²) in [7, 11) is 0. The van der Waals surface area contributed by atoms with Gasteiger partial charge in [0.05, 0.1) is 16.8 Å². The van der Waals surface area contributed by atoms with Crippen LogP contribution in [0, 0.1) is 0 Å². The quantitative estimate of drug-likeness (QED) is 0.746. The summed E-state index contributed by atoms with van der Waals surface area (Å²) in [6.45, 7) is 0. The minimum atomic E-state index is -1.20. The Morgan fingerprint density at radius 1 is 1.14 bits per heavy atom. The lowest BCUT2D eigenvalue weighted by atomic mass is 10.2. The van der Waals surface area contributed by atoms with Crippen LogP contribution < -0.4 is 5.32 Å². The van der Waals surface area contributed by atoms with Crippen LogP contribution in [0.2, 0.25) is 10.3 Å². The van der Waals surface area contributed by atoms with Gasteiger partial charge in [0.2, 0.25) is 0 Å². The van der Waals surface area contributed by atoms with Crippen molar-refractivity contribution in [2.24, 2.45) is 0 Å². The highest BCUT2D eigenvalue weighted by Crippen LogP contribution is 2.26. The molecule has 2 aromatic rings. The molecule has 0 unspecified atom stereocenters. The first-order valence-corrected chi connectivity index (χ1v) is 6.20. The van der Waals surface area contributed by atoms with Crippen LogP contribution in [0.5, 0.6) is 5.75 Å². The SMILES string of the molecule is O=C(O)c1ccc(NC(=O)c2cc(Cl)nnc2Cl)c(O)c1. The van der Waals surface area contributed by atoms with Gasteiger partial charge in [-0.05, 0) is 24.3 Å². The predicted molar refractivity (Wildman–Crippen MR) is 75.1 cm³/mol. The second-order valence-corrected chi connectivity index (χ2v) is 4.61. The van der Waals surface area contributed by atoms with Gasteiger partial charge >= 0.3 is 5.97 Å². The van der Waals surface area contributed by atoms with E-state index >= 15 is 0 Å². The molecule has 108 valence electrons. The molecule has 0 saturated carbocycles. The van der Waals surface area contributed by atoms with Crippen LogP contribution >= 0.6 is 23.2 Å². The Morgan fingerprint density at radius 3 is 2.48 bits per heavy atom. The van der Waals surface area contributed by atoms with Crippen molar-refractivity contribution in [3.63, 3.8) is 0 Å². The topological polar surface area (TPSA) is 112 Å². The number of carboxylic acids is 1. The highest BCUT2D eigenvalue weighted by Gasteiger charge is 2.16. The first kappa shape index (κ1) is 15.0. The maximum Gasteiger partial charge on any atom is 0.335 e.